The van der Waals surface area contributed by atoms with Crippen molar-refractivity contribution in [1.82, 2.24) is 15.3 Å². The topological polar surface area (TPSA) is 118 Å². The van der Waals surface area contributed by atoms with E-state index in [-0.39, 0.29) is 17.6 Å². The van der Waals surface area contributed by atoms with Gasteiger partial charge in [0.1, 0.15) is 22.7 Å². The number of amides is 3. The van der Waals surface area contributed by atoms with E-state index in [1.165, 1.54) is 19.3 Å². The molecule has 4 aromatic rings. The predicted molar refractivity (Wildman–Crippen MR) is 116 cm³/mol. The van der Waals surface area contributed by atoms with E-state index in [0.717, 1.165) is 0 Å². The molecule has 0 saturated carbocycles. The van der Waals surface area contributed by atoms with E-state index in [4.69, 9.17) is 20.8 Å². The summed E-state index contributed by atoms with van der Waals surface area (Å²) in [6, 6.07) is 14.4. The van der Waals surface area contributed by atoms with Gasteiger partial charge in [0, 0.05) is 30.0 Å². The largest absolute Gasteiger partial charge is 0.457 e. The maximum absolute atomic E-state index is 12.2. The van der Waals surface area contributed by atoms with E-state index in [0.29, 0.717) is 33.3 Å². The fourth-order valence-electron chi connectivity index (χ4n) is 2.68. The molecule has 2 heterocycles. The van der Waals surface area contributed by atoms with Crippen LogP contribution in [0.2, 0.25) is 5.02 Å². The minimum Gasteiger partial charge on any atom is -0.457 e. The van der Waals surface area contributed by atoms with Gasteiger partial charge in [-0.25, -0.2) is 4.79 Å². The van der Waals surface area contributed by atoms with Crippen LogP contribution in [0.1, 0.15) is 10.5 Å². The average molecular weight is 438 g/mol. The maximum Gasteiger partial charge on any atom is 0.327 e. The Labute approximate surface area is 181 Å². The van der Waals surface area contributed by atoms with Gasteiger partial charge in [-0.05, 0) is 48.5 Å². The van der Waals surface area contributed by atoms with Gasteiger partial charge >= 0.3 is 12.0 Å². The summed E-state index contributed by atoms with van der Waals surface area (Å²) in [5.74, 6) is 0.678. The first kappa shape index (κ1) is 20.2. The van der Waals surface area contributed by atoms with Crippen molar-refractivity contribution >= 4 is 46.3 Å². The van der Waals surface area contributed by atoms with Crippen LogP contribution in [0.3, 0.4) is 0 Å². The average Bonchev–Trinajstić information content (AvgIpc) is 3.15. The summed E-state index contributed by atoms with van der Waals surface area (Å²) >= 11 is 5.92. The molecule has 31 heavy (non-hydrogen) atoms. The number of oxazole rings is 1. The van der Waals surface area contributed by atoms with Gasteiger partial charge in [0.2, 0.25) is 0 Å². The lowest BCUT2D eigenvalue weighted by molar-refractivity contribution is 0.0958. The fraction of sp³-hybridized carbons (Fsp3) is 0.0476. The number of rotatable bonds is 5. The van der Waals surface area contributed by atoms with Crippen LogP contribution in [0.5, 0.6) is 11.5 Å². The van der Waals surface area contributed by atoms with Crippen molar-refractivity contribution < 1.29 is 18.7 Å². The van der Waals surface area contributed by atoms with E-state index in [9.17, 15) is 9.59 Å². The first-order valence-corrected chi connectivity index (χ1v) is 9.48. The van der Waals surface area contributed by atoms with Crippen LogP contribution in [-0.4, -0.2) is 29.0 Å². The van der Waals surface area contributed by atoms with E-state index in [1.54, 1.807) is 48.5 Å². The number of fused-ring (bicyclic) bond motifs is 1. The number of benzene rings is 2. The van der Waals surface area contributed by atoms with E-state index in [1.807, 2.05) is 0 Å². The Bertz CT molecular complexity index is 1260. The Hall–Kier alpha value is -4.11. The van der Waals surface area contributed by atoms with Crippen molar-refractivity contribution in [3.8, 4) is 11.5 Å². The van der Waals surface area contributed by atoms with Crippen molar-refractivity contribution in [3.63, 3.8) is 0 Å². The lowest BCUT2D eigenvalue weighted by atomic mass is 10.3. The zero-order valence-corrected chi connectivity index (χ0v) is 16.9. The highest BCUT2D eigenvalue weighted by Crippen LogP contribution is 2.24. The highest BCUT2D eigenvalue weighted by molar-refractivity contribution is 6.31. The first-order chi connectivity index (χ1) is 15.0. The van der Waals surface area contributed by atoms with Crippen LogP contribution in [0.4, 0.5) is 16.5 Å². The molecule has 156 valence electrons. The van der Waals surface area contributed by atoms with Gasteiger partial charge in [0.15, 0.2) is 5.58 Å². The molecule has 0 aliphatic carbocycles. The number of nitrogens with zero attached hydrogens (tertiary/aromatic N) is 2. The molecule has 0 aliphatic rings. The third-order valence-electron chi connectivity index (χ3n) is 4.11. The number of halogens is 1. The van der Waals surface area contributed by atoms with E-state index in [2.05, 4.69) is 25.9 Å². The molecule has 0 saturated heterocycles. The number of carbonyl (C=O) groups excluding carboxylic acids is 2. The highest BCUT2D eigenvalue weighted by atomic mass is 35.5. The predicted octanol–water partition coefficient (Wildman–Crippen LogP) is 4.67. The third kappa shape index (κ3) is 4.90. The van der Waals surface area contributed by atoms with Gasteiger partial charge in [-0.2, -0.15) is 4.98 Å². The lowest BCUT2D eigenvalue weighted by Gasteiger charge is -2.08. The van der Waals surface area contributed by atoms with Crippen molar-refractivity contribution in [2.24, 2.45) is 0 Å². The molecule has 0 bridgehead atoms. The molecule has 0 fully saturated rings. The molecular weight excluding hydrogens is 422 g/mol. The fourth-order valence-corrected chi connectivity index (χ4v) is 2.85. The van der Waals surface area contributed by atoms with Gasteiger partial charge in [-0.1, -0.05) is 11.6 Å². The van der Waals surface area contributed by atoms with Crippen LogP contribution in [0.25, 0.3) is 11.1 Å². The number of pyridine rings is 1. The molecule has 10 heteroatoms. The quantitative estimate of drug-likeness (QED) is 0.417. The lowest BCUT2D eigenvalue weighted by Crippen LogP contribution is -2.19. The third-order valence-corrected chi connectivity index (χ3v) is 4.34. The summed E-state index contributed by atoms with van der Waals surface area (Å²) in [5.41, 5.74) is 1.83. The number of hydrogen-bond acceptors (Lipinski definition) is 6. The maximum atomic E-state index is 12.2. The van der Waals surface area contributed by atoms with Crippen molar-refractivity contribution in [2.45, 2.75) is 0 Å². The summed E-state index contributed by atoms with van der Waals surface area (Å²) in [6.45, 7) is 0. The molecule has 0 aliphatic heterocycles. The number of hydrogen-bond donors (Lipinski definition) is 3. The number of carbonyl (C=O) groups is 2. The molecule has 2 aromatic heterocycles. The van der Waals surface area contributed by atoms with Gasteiger partial charge in [0.05, 0.1) is 0 Å². The van der Waals surface area contributed by atoms with Crippen LogP contribution in [-0.2, 0) is 0 Å². The second-order valence-electron chi connectivity index (χ2n) is 6.29. The number of urea groups is 1. The molecule has 0 radical (unpaired) electrons. The molecule has 3 N–H and O–H groups in total. The molecule has 0 atom stereocenters. The zero-order chi connectivity index (χ0) is 21.8. The number of aromatic nitrogens is 2. The van der Waals surface area contributed by atoms with E-state index < -0.39 is 6.03 Å². The SMILES string of the molecule is CNC(=O)c1cc(Oc2ccc(NC(=O)Nc3nc4cc(Cl)ccc4o3)cc2)ccn1. The second kappa shape index (κ2) is 8.72. The molecule has 0 unspecified atom stereocenters. The molecule has 4 rings (SSSR count). The Balaban J connectivity index is 1.37. The van der Waals surface area contributed by atoms with Crippen molar-refractivity contribution in [1.29, 1.82) is 0 Å². The smallest absolute Gasteiger partial charge is 0.327 e. The minimum absolute atomic E-state index is 0.0549. The molecule has 2 aromatic carbocycles. The van der Waals surface area contributed by atoms with Gasteiger partial charge in [-0.3, -0.25) is 15.1 Å². The number of nitrogens with one attached hydrogen (secondary N) is 3. The van der Waals surface area contributed by atoms with Gasteiger partial charge in [-0.15, -0.1) is 0 Å². The van der Waals surface area contributed by atoms with Crippen molar-refractivity contribution in [2.75, 3.05) is 17.7 Å². The highest BCUT2D eigenvalue weighted by Gasteiger charge is 2.11. The summed E-state index contributed by atoms with van der Waals surface area (Å²) in [7, 11) is 1.53. The van der Waals surface area contributed by atoms with Crippen LogP contribution in [0.15, 0.2) is 65.2 Å². The molecule has 3 amide bonds. The summed E-state index contributed by atoms with van der Waals surface area (Å²) in [4.78, 5) is 32.0. The van der Waals surface area contributed by atoms with Crippen LogP contribution in [0, 0.1) is 0 Å². The Morgan fingerprint density at radius 2 is 1.81 bits per heavy atom. The summed E-state index contributed by atoms with van der Waals surface area (Å²) in [5, 5.41) is 8.23. The number of anilines is 2. The summed E-state index contributed by atoms with van der Waals surface area (Å²) in [6.07, 6.45) is 1.49. The van der Waals surface area contributed by atoms with E-state index >= 15 is 0 Å². The molecular formula is C21H16ClN5O4. The summed E-state index contributed by atoms with van der Waals surface area (Å²) < 4.78 is 11.2. The standard InChI is InChI=1S/C21H16ClN5O4/c1-23-19(28)17-11-15(8-9-24-17)30-14-5-3-13(4-6-14)25-20(29)27-21-26-16-10-12(22)2-7-18(16)31-21/h2-11H,1H3,(H,23,28)(H2,25,26,27,29). The van der Waals surface area contributed by atoms with Gasteiger partial charge in [0.25, 0.3) is 5.91 Å². The van der Waals surface area contributed by atoms with Crippen LogP contribution >= 0.6 is 11.6 Å². The Morgan fingerprint density at radius 1 is 1.00 bits per heavy atom. The van der Waals surface area contributed by atoms with Crippen molar-refractivity contribution in [3.05, 3.63) is 71.5 Å². The Morgan fingerprint density at radius 3 is 2.58 bits per heavy atom. The molecule has 9 nitrogen and oxygen atoms in total. The minimum atomic E-state index is -0.518. The normalized spacial score (nSPS) is 10.5. The Kier molecular flexibility index (Phi) is 5.67. The van der Waals surface area contributed by atoms with Crippen LogP contribution < -0.4 is 20.7 Å². The monoisotopic (exact) mass is 437 g/mol. The van der Waals surface area contributed by atoms with Gasteiger partial charge < -0.3 is 19.8 Å². The zero-order valence-electron chi connectivity index (χ0n) is 16.2. The number of ether oxygens (including phenoxy) is 1. The second-order valence-corrected chi connectivity index (χ2v) is 6.73. The first-order valence-electron chi connectivity index (χ1n) is 9.10. The molecule has 0 spiro atoms.